The van der Waals surface area contributed by atoms with Crippen LogP contribution in [0.15, 0.2) is 59.3 Å². The Morgan fingerprint density at radius 2 is 1.97 bits per heavy atom. The first kappa shape index (κ1) is 22.7. The summed E-state index contributed by atoms with van der Waals surface area (Å²) in [6.07, 6.45) is 2.45. The van der Waals surface area contributed by atoms with Crippen LogP contribution in [0.3, 0.4) is 0 Å². The van der Waals surface area contributed by atoms with Gasteiger partial charge in [-0.1, -0.05) is 12.1 Å². The van der Waals surface area contributed by atoms with Crippen molar-refractivity contribution in [1.82, 2.24) is 4.57 Å². The zero-order chi connectivity index (χ0) is 22.8. The number of sulfone groups is 1. The number of fused-ring (bicyclic) bond motifs is 1. The minimum absolute atomic E-state index is 0.0238. The Kier molecular flexibility index (Phi) is 6.62. The molecule has 0 aliphatic carbocycles. The van der Waals surface area contributed by atoms with E-state index in [4.69, 9.17) is 10.5 Å². The Morgan fingerprint density at radius 1 is 1.23 bits per heavy atom. The third kappa shape index (κ3) is 4.70. The van der Waals surface area contributed by atoms with Crippen LogP contribution in [-0.4, -0.2) is 38.4 Å². The summed E-state index contributed by atoms with van der Waals surface area (Å²) in [7, 11) is -3.41. The van der Waals surface area contributed by atoms with E-state index in [1.54, 1.807) is 47.9 Å². The Labute approximate surface area is 181 Å². The first-order valence-corrected chi connectivity index (χ1v) is 11.7. The number of carbonyl (C=O) groups excluding carboxylic acids is 1. The van der Waals surface area contributed by atoms with Crippen molar-refractivity contribution in [2.45, 2.75) is 25.3 Å². The number of benzene rings is 2. The van der Waals surface area contributed by atoms with Gasteiger partial charge in [0.05, 0.1) is 23.6 Å². The van der Waals surface area contributed by atoms with Gasteiger partial charge in [0.15, 0.2) is 9.84 Å². The Morgan fingerprint density at radius 3 is 2.61 bits per heavy atom. The van der Waals surface area contributed by atoms with Gasteiger partial charge < -0.3 is 15.0 Å². The normalized spacial score (nSPS) is 12.4. The van der Waals surface area contributed by atoms with Crippen molar-refractivity contribution in [1.29, 1.82) is 0 Å². The van der Waals surface area contributed by atoms with Crippen molar-refractivity contribution >= 4 is 26.7 Å². The van der Waals surface area contributed by atoms with Crippen LogP contribution in [0.1, 0.15) is 23.0 Å². The molecule has 1 heterocycles. The van der Waals surface area contributed by atoms with E-state index in [1.165, 1.54) is 12.1 Å². The zero-order valence-electron chi connectivity index (χ0n) is 17.7. The van der Waals surface area contributed by atoms with Crippen LogP contribution in [0.2, 0.25) is 0 Å². The summed E-state index contributed by atoms with van der Waals surface area (Å²) in [6.45, 7) is 3.87. The summed E-state index contributed by atoms with van der Waals surface area (Å²) in [4.78, 5) is 12.5. The molecule has 0 saturated carbocycles. The number of hydrogen-bond donors (Lipinski definition) is 1. The maximum atomic E-state index is 14.3. The maximum Gasteiger partial charge on any atom is 0.338 e. The highest BCUT2D eigenvalue weighted by molar-refractivity contribution is 7.90. The van der Waals surface area contributed by atoms with E-state index in [9.17, 15) is 17.6 Å². The Bertz CT molecular complexity index is 1280. The van der Waals surface area contributed by atoms with E-state index < -0.39 is 15.8 Å². The first-order chi connectivity index (χ1) is 14.7. The van der Waals surface area contributed by atoms with Gasteiger partial charge in [0.25, 0.3) is 0 Å². The molecule has 0 aliphatic heterocycles. The van der Waals surface area contributed by atoms with Crippen LogP contribution in [0, 0.1) is 6.92 Å². The lowest BCUT2D eigenvalue weighted by Gasteiger charge is -2.08. The topological polar surface area (TPSA) is 91.4 Å². The second-order valence-corrected chi connectivity index (χ2v) is 9.20. The van der Waals surface area contributed by atoms with Gasteiger partial charge in [-0.3, -0.25) is 0 Å². The molecule has 0 bridgehead atoms. The summed E-state index contributed by atoms with van der Waals surface area (Å²) in [5.74, 6) is -0.840. The van der Waals surface area contributed by atoms with Gasteiger partial charge in [0.1, 0.15) is 5.83 Å². The molecule has 3 aromatic rings. The number of esters is 1. The summed E-state index contributed by atoms with van der Waals surface area (Å²) in [5.41, 5.74) is 8.64. The van der Waals surface area contributed by atoms with E-state index in [-0.39, 0.29) is 30.4 Å². The van der Waals surface area contributed by atoms with Crippen LogP contribution in [-0.2, 0) is 21.1 Å². The van der Waals surface area contributed by atoms with Crippen molar-refractivity contribution in [3.05, 3.63) is 65.6 Å². The average Bonchev–Trinajstić information content (AvgIpc) is 2.98. The van der Waals surface area contributed by atoms with Crippen LogP contribution >= 0.6 is 0 Å². The highest BCUT2D eigenvalue weighted by atomic mass is 32.2. The van der Waals surface area contributed by atoms with E-state index >= 15 is 0 Å². The fourth-order valence-corrected chi connectivity index (χ4v) is 4.28. The number of aromatic nitrogens is 1. The summed E-state index contributed by atoms with van der Waals surface area (Å²) < 4.78 is 45.4. The number of halogens is 1. The van der Waals surface area contributed by atoms with Gasteiger partial charge in [-0.15, -0.1) is 0 Å². The highest BCUT2D eigenvalue weighted by Gasteiger charge is 2.20. The molecule has 0 saturated heterocycles. The predicted octanol–water partition coefficient (Wildman–Crippen LogP) is 4.01. The third-order valence-electron chi connectivity index (χ3n) is 5.03. The molecule has 3 rings (SSSR count). The van der Waals surface area contributed by atoms with Crippen LogP contribution in [0.25, 0.3) is 22.0 Å². The molecule has 2 aromatic carbocycles. The van der Waals surface area contributed by atoms with Gasteiger partial charge in [-0.2, -0.15) is 0 Å². The van der Waals surface area contributed by atoms with E-state index in [2.05, 4.69) is 0 Å². The Hall–Kier alpha value is -2.97. The molecular weight excluding hydrogens is 419 g/mol. The van der Waals surface area contributed by atoms with Gasteiger partial charge in [0, 0.05) is 35.0 Å². The molecule has 0 fully saturated rings. The fraction of sp³-hybridized carbons (Fsp3) is 0.261. The van der Waals surface area contributed by atoms with Crippen molar-refractivity contribution in [2.75, 3.05) is 19.4 Å². The molecular formula is C23H25FN2O4S. The van der Waals surface area contributed by atoms with Crippen LogP contribution in [0.4, 0.5) is 4.39 Å². The Balaban J connectivity index is 2.30. The maximum absolute atomic E-state index is 14.3. The molecule has 164 valence electrons. The lowest BCUT2D eigenvalue weighted by molar-refractivity contribution is 0.0526. The number of nitrogens with zero attached hydrogens (tertiary/aromatic N) is 1. The van der Waals surface area contributed by atoms with Crippen LogP contribution < -0.4 is 5.73 Å². The third-order valence-corrected chi connectivity index (χ3v) is 6.14. The van der Waals surface area contributed by atoms with Crippen molar-refractivity contribution in [2.24, 2.45) is 5.73 Å². The molecule has 0 unspecified atom stereocenters. The molecule has 0 spiro atoms. The molecule has 0 aliphatic rings. The summed E-state index contributed by atoms with van der Waals surface area (Å²) in [5, 5.41) is 0.703. The van der Waals surface area contributed by atoms with E-state index in [1.807, 2.05) is 6.92 Å². The number of hydrogen-bond acceptors (Lipinski definition) is 5. The second-order valence-electron chi connectivity index (χ2n) is 7.19. The molecule has 0 amide bonds. The van der Waals surface area contributed by atoms with Gasteiger partial charge >= 0.3 is 5.97 Å². The van der Waals surface area contributed by atoms with Crippen molar-refractivity contribution in [3.63, 3.8) is 0 Å². The highest BCUT2D eigenvalue weighted by Crippen LogP contribution is 2.36. The van der Waals surface area contributed by atoms with E-state index in [0.717, 1.165) is 17.5 Å². The lowest BCUT2D eigenvalue weighted by atomic mass is 10.0. The standard InChI is InChI=1S/C23H25FN2O4S/c1-4-30-23(27)17-8-9-21-20(13-17)22(15(2)26(21)14-18(24)10-11-25)16-6-5-7-19(12-16)31(3,28)29/h5-10,12-13H,4,11,14,25H2,1-3H3. The number of ether oxygens (including phenoxy) is 1. The van der Waals surface area contributed by atoms with E-state index in [0.29, 0.717) is 22.0 Å². The van der Waals surface area contributed by atoms with Gasteiger partial charge in [-0.05, 0) is 55.8 Å². The number of nitrogens with two attached hydrogens (primary N) is 1. The van der Waals surface area contributed by atoms with Crippen molar-refractivity contribution < 1.29 is 22.3 Å². The zero-order valence-corrected chi connectivity index (χ0v) is 18.5. The molecule has 2 N–H and O–H groups in total. The van der Waals surface area contributed by atoms with Gasteiger partial charge in [-0.25, -0.2) is 17.6 Å². The molecule has 6 nitrogen and oxygen atoms in total. The summed E-state index contributed by atoms with van der Waals surface area (Å²) >= 11 is 0. The van der Waals surface area contributed by atoms with Crippen molar-refractivity contribution in [3.8, 4) is 11.1 Å². The molecule has 0 radical (unpaired) electrons. The fourth-order valence-electron chi connectivity index (χ4n) is 3.62. The smallest absolute Gasteiger partial charge is 0.338 e. The molecule has 1 aromatic heterocycles. The molecule has 31 heavy (non-hydrogen) atoms. The monoisotopic (exact) mass is 444 g/mol. The number of rotatable bonds is 7. The van der Waals surface area contributed by atoms with Crippen LogP contribution in [0.5, 0.6) is 0 Å². The first-order valence-electron chi connectivity index (χ1n) is 9.82. The number of allylic oxidation sites excluding steroid dienone is 1. The molecule has 0 atom stereocenters. The predicted molar refractivity (Wildman–Crippen MR) is 119 cm³/mol. The quantitative estimate of drug-likeness (QED) is 0.556. The molecule has 8 heteroatoms. The summed E-state index contributed by atoms with van der Waals surface area (Å²) in [6, 6.07) is 11.7. The largest absolute Gasteiger partial charge is 0.462 e. The van der Waals surface area contributed by atoms with Gasteiger partial charge in [0.2, 0.25) is 0 Å². The average molecular weight is 445 g/mol. The second kappa shape index (κ2) is 9.03. The SMILES string of the molecule is CCOC(=O)c1ccc2c(c1)c(-c1cccc(S(C)(=O)=O)c1)c(C)n2CC(F)=CCN. The lowest BCUT2D eigenvalue weighted by Crippen LogP contribution is -2.05. The minimum atomic E-state index is -3.41. The number of carbonyl (C=O) groups is 1. The minimum Gasteiger partial charge on any atom is -0.462 e.